The molecule has 0 heterocycles. The van der Waals surface area contributed by atoms with Gasteiger partial charge in [0.15, 0.2) is 0 Å². The van der Waals surface area contributed by atoms with Crippen molar-refractivity contribution in [3.63, 3.8) is 0 Å². The van der Waals surface area contributed by atoms with E-state index in [9.17, 15) is 9.90 Å². The zero-order valence-corrected chi connectivity index (χ0v) is 11.3. The van der Waals surface area contributed by atoms with E-state index in [1.54, 1.807) is 25.1 Å². The van der Waals surface area contributed by atoms with Crippen molar-refractivity contribution in [2.24, 2.45) is 11.7 Å². The van der Waals surface area contributed by atoms with Gasteiger partial charge < -0.3 is 16.2 Å². The molecule has 2 unspecified atom stereocenters. The van der Waals surface area contributed by atoms with Gasteiger partial charge in [-0.25, -0.2) is 0 Å². The average molecular weight is 270 g/mol. The topological polar surface area (TPSA) is 75.3 Å². The number of benzene rings is 2. The summed E-state index contributed by atoms with van der Waals surface area (Å²) < 4.78 is 0. The van der Waals surface area contributed by atoms with E-state index in [0.29, 0.717) is 5.69 Å². The Balaban J connectivity index is 2.08. The number of para-hydroxylation sites is 2. The first-order chi connectivity index (χ1) is 9.59. The van der Waals surface area contributed by atoms with E-state index < -0.39 is 5.92 Å². The van der Waals surface area contributed by atoms with Gasteiger partial charge in [0.05, 0.1) is 11.6 Å². The van der Waals surface area contributed by atoms with Crippen molar-refractivity contribution < 1.29 is 9.90 Å². The Kier molecular flexibility index (Phi) is 4.38. The van der Waals surface area contributed by atoms with Crippen LogP contribution in [0.2, 0.25) is 0 Å². The Bertz CT molecular complexity index is 584. The predicted octanol–water partition coefficient (Wildman–Crippen LogP) is 2.67. The lowest BCUT2D eigenvalue weighted by molar-refractivity contribution is -0.120. The molecule has 0 bridgehead atoms. The summed E-state index contributed by atoms with van der Waals surface area (Å²) in [6, 6.07) is 15.7. The van der Waals surface area contributed by atoms with Crippen LogP contribution in [0.3, 0.4) is 0 Å². The maximum absolute atomic E-state index is 12.2. The van der Waals surface area contributed by atoms with Crippen LogP contribution in [-0.4, -0.2) is 11.0 Å². The maximum atomic E-state index is 12.2. The van der Waals surface area contributed by atoms with Crippen molar-refractivity contribution in [3.05, 3.63) is 60.2 Å². The van der Waals surface area contributed by atoms with E-state index in [-0.39, 0.29) is 17.7 Å². The Labute approximate surface area is 118 Å². The summed E-state index contributed by atoms with van der Waals surface area (Å²) in [5, 5.41) is 12.3. The molecule has 0 aliphatic heterocycles. The van der Waals surface area contributed by atoms with Gasteiger partial charge in [-0.3, -0.25) is 4.79 Å². The Hall–Kier alpha value is -2.33. The predicted molar refractivity (Wildman–Crippen MR) is 79.3 cm³/mol. The molecule has 0 saturated carbocycles. The van der Waals surface area contributed by atoms with Crippen LogP contribution in [0.25, 0.3) is 0 Å². The molecule has 1 amide bonds. The quantitative estimate of drug-likeness (QED) is 0.748. The zero-order valence-electron chi connectivity index (χ0n) is 11.3. The third kappa shape index (κ3) is 3.16. The van der Waals surface area contributed by atoms with Crippen LogP contribution < -0.4 is 11.1 Å². The first-order valence-corrected chi connectivity index (χ1v) is 6.49. The molecule has 4 N–H and O–H groups in total. The van der Waals surface area contributed by atoms with Gasteiger partial charge in [0, 0.05) is 6.04 Å². The van der Waals surface area contributed by atoms with Gasteiger partial charge in [0.2, 0.25) is 5.91 Å². The standard InChI is InChI=1S/C16H18N2O2/c1-11(15(17)12-7-3-2-4-8-12)16(20)18-13-9-5-6-10-14(13)19/h2-11,15,19H,17H2,1H3,(H,18,20). The number of nitrogens with two attached hydrogens (primary N) is 1. The van der Waals surface area contributed by atoms with Crippen LogP contribution in [0.15, 0.2) is 54.6 Å². The Morgan fingerprint density at radius 3 is 2.35 bits per heavy atom. The van der Waals surface area contributed by atoms with Gasteiger partial charge in [-0.2, -0.15) is 0 Å². The SMILES string of the molecule is CC(C(=O)Nc1ccccc1O)C(N)c1ccccc1. The van der Waals surface area contributed by atoms with Gasteiger partial charge in [-0.05, 0) is 17.7 Å². The normalized spacial score (nSPS) is 13.5. The van der Waals surface area contributed by atoms with Gasteiger partial charge in [0.25, 0.3) is 0 Å². The second-order valence-electron chi connectivity index (χ2n) is 4.73. The molecule has 4 heteroatoms. The molecule has 20 heavy (non-hydrogen) atoms. The molecular formula is C16H18N2O2. The number of phenolic OH excluding ortho intramolecular Hbond substituents is 1. The molecule has 0 saturated heterocycles. The van der Waals surface area contributed by atoms with E-state index in [4.69, 9.17) is 5.73 Å². The second-order valence-corrected chi connectivity index (χ2v) is 4.73. The number of aromatic hydroxyl groups is 1. The molecule has 0 fully saturated rings. The van der Waals surface area contributed by atoms with E-state index in [1.807, 2.05) is 30.3 Å². The summed E-state index contributed by atoms with van der Waals surface area (Å²) >= 11 is 0. The summed E-state index contributed by atoms with van der Waals surface area (Å²) in [6.45, 7) is 1.77. The summed E-state index contributed by atoms with van der Waals surface area (Å²) in [7, 11) is 0. The minimum atomic E-state index is -0.406. The van der Waals surface area contributed by atoms with Crippen molar-refractivity contribution in [1.82, 2.24) is 0 Å². The third-order valence-electron chi connectivity index (χ3n) is 3.30. The lowest BCUT2D eigenvalue weighted by Crippen LogP contribution is -2.30. The van der Waals surface area contributed by atoms with Crippen LogP contribution in [0.1, 0.15) is 18.5 Å². The molecule has 2 atom stereocenters. The molecule has 0 aliphatic carbocycles. The highest BCUT2D eigenvalue weighted by Crippen LogP contribution is 2.25. The van der Waals surface area contributed by atoms with Gasteiger partial charge >= 0.3 is 0 Å². The number of nitrogens with one attached hydrogen (secondary N) is 1. The highest BCUT2D eigenvalue weighted by atomic mass is 16.3. The lowest BCUT2D eigenvalue weighted by Gasteiger charge is -2.20. The minimum absolute atomic E-state index is 0.0429. The van der Waals surface area contributed by atoms with E-state index in [2.05, 4.69) is 5.32 Å². The Morgan fingerprint density at radius 1 is 1.10 bits per heavy atom. The third-order valence-corrected chi connectivity index (χ3v) is 3.30. The molecule has 0 radical (unpaired) electrons. The van der Waals surface area contributed by atoms with Crippen LogP contribution in [0.4, 0.5) is 5.69 Å². The monoisotopic (exact) mass is 270 g/mol. The fourth-order valence-corrected chi connectivity index (χ4v) is 1.95. The van der Waals surface area contributed by atoms with Crippen LogP contribution in [0, 0.1) is 5.92 Å². The molecule has 4 nitrogen and oxygen atoms in total. The van der Waals surface area contributed by atoms with Crippen LogP contribution in [0.5, 0.6) is 5.75 Å². The highest BCUT2D eigenvalue weighted by Gasteiger charge is 2.22. The molecule has 0 spiro atoms. The fraction of sp³-hybridized carbons (Fsp3) is 0.188. The number of rotatable bonds is 4. The van der Waals surface area contributed by atoms with Gasteiger partial charge in [0.1, 0.15) is 5.75 Å². The molecule has 2 aromatic carbocycles. The summed E-state index contributed by atoms with van der Waals surface area (Å²) in [6.07, 6.45) is 0. The number of phenols is 1. The van der Waals surface area contributed by atoms with Crippen molar-refractivity contribution >= 4 is 11.6 Å². The number of anilines is 1. The van der Waals surface area contributed by atoms with Crippen molar-refractivity contribution in [1.29, 1.82) is 0 Å². The summed E-state index contributed by atoms with van der Waals surface area (Å²) in [4.78, 5) is 12.2. The molecular weight excluding hydrogens is 252 g/mol. The molecule has 104 valence electrons. The smallest absolute Gasteiger partial charge is 0.229 e. The lowest BCUT2D eigenvalue weighted by atomic mass is 9.94. The largest absolute Gasteiger partial charge is 0.506 e. The number of hydrogen-bond acceptors (Lipinski definition) is 3. The van der Waals surface area contributed by atoms with Crippen molar-refractivity contribution in [2.45, 2.75) is 13.0 Å². The zero-order chi connectivity index (χ0) is 14.5. The number of hydrogen-bond donors (Lipinski definition) is 3. The summed E-state index contributed by atoms with van der Waals surface area (Å²) in [5.74, 6) is -0.582. The molecule has 0 aliphatic rings. The first-order valence-electron chi connectivity index (χ1n) is 6.49. The van der Waals surface area contributed by atoms with Gasteiger partial charge in [-0.15, -0.1) is 0 Å². The van der Waals surface area contributed by atoms with E-state index in [1.165, 1.54) is 6.07 Å². The Morgan fingerprint density at radius 2 is 1.70 bits per heavy atom. The van der Waals surface area contributed by atoms with Crippen LogP contribution in [-0.2, 0) is 4.79 Å². The molecule has 2 aromatic rings. The number of carbonyl (C=O) groups excluding carboxylic acids is 1. The van der Waals surface area contributed by atoms with Gasteiger partial charge in [-0.1, -0.05) is 49.4 Å². The summed E-state index contributed by atoms with van der Waals surface area (Å²) in [5.41, 5.74) is 7.41. The second kappa shape index (κ2) is 6.21. The fourth-order valence-electron chi connectivity index (χ4n) is 1.95. The number of amides is 1. The maximum Gasteiger partial charge on any atom is 0.229 e. The van der Waals surface area contributed by atoms with E-state index >= 15 is 0 Å². The highest BCUT2D eigenvalue weighted by molar-refractivity contribution is 5.94. The molecule has 0 aromatic heterocycles. The minimum Gasteiger partial charge on any atom is -0.506 e. The molecule has 2 rings (SSSR count). The van der Waals surface area contributed by atoms with Crippen molar-refractivity contribution in [3.8, 4) is 5.75 Å². The van der Waals surface area contributed by atoms with Crippen molar-refractivity contribution in [2.75, 3.05) is 5.32 Å². The average Bonchev–Trinajstić information content (AvgIpc) is 2.49. The van der Waals surface area contributed by atoms with E-state index in [0.717, 1.165) is 5.56 Å². The number of carbonyl (C=O) groups is 1. The first kappa shape index (κ1) is 14.1. The van der Waals surface area contributed by atoms with Crippen LogP contribution >= 0.6 is 0 Å².